The molecule has 8 heteroatoms. The molecule has 1 unspecified atom stereocenters. The Hall–Kier alpha value is -2.74. The Morgan fingerprint density at radius 1 is 1.30 bits per heavy atom. The molecule has 144 valence electrons. The third-order valence-electron chi connectivity index (χ3n) is 4.59. The van der Waals surface area contributed by atoms with Gasteiger partial charge in [-0.2, -0.15) is 0 Å². The van der Waals surface area contributed by atoms with Crippen molar-refractivity contribution in [2.75, 3.05) is 32.5 Å². The summed E-state index contributed by atoms with van der Waals surface area (Å²) in [6, 6.07) is 7.39. The predicted octanol–water partition coefficient (Wildman–Crippen LogP) is 0.888. The number of nitrogens with one attached hydrogen (secondary N) is 3. The van der Waals surface area contributed by atoms with Crippen LogP contribution in [-0.4, -0.2) is 59.9 Å². The van der Waals surface area contributed by atoms with Gasteiger partial charge >= 0.3 is 0 Å². The third-order valence-corrected chi connectivity index (χ3v) is 4.59. The highest BCUT2D eigenvalue weighted by atomic mass is 16.2. The van der Waals surface area contributed by atoms with Crippen molar-refractivity contribution in [3.8, 4) is 0 Å². The quantitative estimate of drug-likeness (QED) is 0.597. The fraction of sp³-hybridized carbons (Fsp3) is 0.474. The number of amides is 2. The molecule has 2 heterocycles. The Morgan fingerprint density at radius 2 is 2.11 bits per heavy atom. The molecule has 1 atom stereocenters. The van der Waals surface area contributed by atoms with Crippen LogP contribution in [0.2, 0.25) is 0 Å². The average molecular weight is 370 g/mol. The summed E-state index contributed by atoms with van der Waals surface area (Å²) in [6.45, 7) is 2.01. The van der Waals surface area contributed by atoms with Crippen LogP contribution in [-0.2, 0) is 16.1 Å². The molecule has 2 amide bonds. The van der Waals surface area contributed by atoms with Gasteiger partial charge in [-0.1, -0.05) is 12.1 Å². The third kappa shape index (κ3) is 4.71. The molecule has 0 radical (unpaired) electrons. The Morgan fingerprint density at radius 3 is 2.85 bits per heavy atom. The van der Waals surface area contributed by atoms with E-state index in [0.717, 1.165) is 36.2 Å². The van der Waals surface area contributed by atoms with Crippen LogP contribution in [0.15, 0.2) is 24.3 Å². The molecule has 0 saturated carbocycles. The maximum absolute atomic E-state index is 12.5. The summed E-state index contributed by atoms with van der Waals surface area (Å²) in [4.78, 5) is 34.7. The van der Waals surface area contributed by atoms with Crippen LogP contribution < -0.4 is 16.0 Å². The lowest BCUT2D eigenvalue weighted by Gasteiger charge is -2.21. The van der Waals surface area contributed by atoms with Gasteiger partial charge in [0.05, 0.1) is 12.1 Å². The molecule has 27 heavy (non-hydrogen) atoms. The zero-order valence-electron chi connectivity index (χ0n) is 15.8. The minimum absolute atomic E-state index is 0.0724. The standard InChI is InChI=1S/C19H26N6O2/c1-20-10-5-11-21-18-13-6-3-4-7-14(13)22-16(24-18)12-25(2)19(27)15-8-9-17(26)23-15/h3-4,6-7,15,20H,5,8-12H2,1-2H3,(H,23,26)(H,21,22,24). The number of likely N-dealkylation sites (N-methyl/N-ethyl adjacent to an activating group) is 1. The Balaban J connectivity index is 1.75. The minimum atomic E-state index is -0.443. The van der Waals surface area contributed by atoms with E-state index >= 15 is 0 Å². The van der Waals surface area contributed by atoms with Crippen LogP contribution in [0.3, 0.4) is 0 Å². The van der Waals surface area contributed by atoms with E-state index in [4.69, 9.17) is 0 Å². The number of aromatic nitrogens is 2. The Labute approximate surface area is 158 Å². The van der Waals surface area contributed by atoms with Gasteiger partial charge in [-0.3, -0.25) is 9.59 Å². The molecular formula is C19H26N6O2. The van der Waals surface area contributed by atoms with Crippen molar-refractivity contribution in [1.29, 1.82) is 0 Å². The van der Waals surface area contributed by atoms with E-state index in [0.29, 0.717) is 25.2 Å². The number of hydrogen-bond acceptors (Lipinski definition) is 6. The van der Waals surface area contributed by atoms with Gasteiger partial charge in [-0.05, 0) is 38.6 Å². The summed E-state index contributed by atoms with van der Waals surface area (Å²) in [5, 5.41) is 10.2. The number of carbonyl (C=O) groups is 2. The maximum Gasteiger partial charge on any atom is 0.245 e. The second-order valence-electron chi connectivity index (χ2n) is 6.74. The highest BCUT2D eigenvalue weighted by Crippen LogP contribution is 2.21. The highest BCUT2D eigenvalue weighted by molar-refractivity contribution is 5.91. The molecular weight excluding hydrogens is 344 g/mol. The molecule has 0 spiro atoms. The van der Waals surface area contributed by atoms with Gasteiger partial charge in [0.1, 0.15) is 11.9 Å². The van der Waals surface area contributed by atoms with E-state index < -0.39 is 6.04 Å². The Bertz CT molecular complexity index is 825. The van der Waals surface area contributed by atoms with E-state index in [-0.39, 0.29) is 11.8 Å². The molecule has 3 N–H and O–H groups in total. The molecule has 1 aromatic carbocycles. The van der Waals surface area contributed by atoms with E-state index in [1.54, 1.807) is 11.9 Å². The summed E-state index contributed by atoms with van der Waals surface area (Å²) in [5.41, 5.74) is 0.841. The smallest absolute Gasteiger partial charge is 0.245 e. The molecule has 2 aromatic rings. The number of carbonyl (C=O) groups excluding carboxylic acids is 2. The van der Waals surface area contributed by atoms with Crippen LogP contribution in [0.25, 0.3) is 10.9 Å². The van der Waals surface area contributed by atoms with Crippen LogP contribution in [0.1, 0.15) is 25.1 Å². The van der Waals surface area contributed by atoms with Crippen LogP contribution in [0.4, 0.5) is 5.82 Å². The van der Waals surface area contributed by atoms with Crippen molar-refractivity contribution in [2.45, 2.75) is 31.8 Å². The molecule has 1 aliphatic heterocycles. The number of fused-ring (bicyclic) bond motifs is 1. The zero-order valence-corrected chi connectivity index (χ0v) is 15.8. The molecule has 1 fully saturated rings. The highest BCUT2D eigenvalue weighted by Gasteiger charge is 2.29. The molecule has 1 aliphatic rings. The largest absolute Gasteiger partial charge is 0.369 e. The fourth-order valence-electron chi connectivity index (χ4n) is 3.16. The summed E-state index contributed by atoms with van der Waals surface area (Å²) in [5.74, 6) is 1.17. The van der Waals surface area contributed by atoms with Gasteiger partial charge in [-0.25, -0.2) is 9.97 Å². The van der Waals surface area contributed by atoms with Crippen molar-refractivity contribution < 1.29 is 9.59 Å². The van der Waals surface area contributed by atoms with Crippen molar-refractivity contribution in [2.24, 2.45) is 0 Å². The van der Waals surface area contributed by atoms with Crippen molar-refractivity contribution in [3.63, 3.8) is 0 Å². The lowest BCUT2D eigenvalue weighted by atomic mass is 10.2. The van der Waals surface area contributed by atoms with E-state index in [9.17, 15) is 9.59 Å². The molecule has 0 aliphatic carbocycles. The number of para-hydroxylation sites is 1. The number of nitrogens with zero attached hydrogens (tertiary/aromatic N) is 3. The van der Waals surface area contributed by atoms with Crippen molar-refractivity contribution in [3.05, 3.63) is 30.1 Å². The molecule has 3 rings (SSSR count). The number of rotatable bonds is 8. The first-order chi connectivity index (χ1) is 13.1. The number of benzene rings is 1. The number of hydrogen-bond donors (Lipinski definition) is 3. The van der Waals surface area contributed by atoms with Gasteiger partial charge in [0.15, 0.2) is 5.82 Å². The van der Waals surface area contributed by atoms with Gasteiger partial charge in [0.25, 0.3) is 0 Å². The molecule has 1 saturated heterocycles. The van der Waals surface area contributed by atoms with Crippen LogP contribution >= 0.6 is 0 Å². The first kappa shape index (κ1) is 19.0. The lowest BCUT2D eigenvalue weighted by molar-refractivity contribution is -0.133. The van der Waals surface area contributed by atoms with Crippen molar-refractivity contribution >= 4 is 28.5 Å². The van der Waals surface area contributed by atoms with E-state index in [2.05, 4.69) is 25.9 Å². The van der Waals surface area contributed by atoms with Crippen LogP contribution in [0, 0.1) is 0 Å². The first-order valence-corrected chi connectivity index (χ1v) is 9.27. The molecule has 1 aromatic heterocycles. The molecule has 0 bridgehead atoms. The second kappa shape index (κ2) is 8.77. The van der Waals surface area contributed by atoms with E-state index in [1.165, 1.54) is 0 Å². The van der Waals surface area contributed by atoms with Gasteiger partial charge in [-0.15, -0.1) is 0 Å². The summed E-state index contributed by atoms with van der Waals surface area (Å²) in [7, 11) is 3.64. The average Bonchev–Trinajstić information content (AvgIpc) is 3.10. The van der Waals surface area contributed by atoms with Crippen molar-refractivity contribution in [1.82, 2.24) is 25.5 Å². The topological polar surface area (TPSA) is 99.3 Å². The maximum atomic E-state index is 12.5. The first-order valence-electron chi connectivity index (χ1n) is 9.27. The fourth-order valence-corrected chi connectivity index (χ4v) is 3.16. The lowest BCUT2D eigenvalue weighted by Crippen LogP contribution is -2.42. The normalized spacial score (nSPS) is 16.4. The zero-order chi connectivity index (χ0) is 19.2. The van der Waals surface area contributed by atoms with Gasteiger partial charge in [0, 0.05) is 25.4 Å². The summed E-state index contributed by atoms with van der Waals surface area (Å²) < 4.78 is 0. The van der Waals surface area contributed by atoms with E-state index in [1.807, 2.05) is 31.3 Å². The van der Waals surface area contributed by atoms with Gasteiger partial charge in [0.2, 0.25) is 11.8 Å². The van der Waals surface area contributed by atoms with Gasteiger partial charge < -0.3 is 20.9 Å². The predicted molar refractivity (Wildman–Crippen MR) is 104 cm³/mol. The number of anilines is 1. The second-order valence-corrected chi connectivity index (χ2v) is 6.74. The Kier molecular flexibility index (Phi) is 6.18. The monoisotopic (exact) mass is 370 g/mol. The summed E-state index contributed by atoms with van der Waals surface area (Å²) >= 11 is 0. The SMILES string of the molecule is CNCCCNc1nc(CN(C)C(=O)C2CCC(=O)N2)nc2ccccc12. The minimum Gasteiger partial charge on any atom is -0.369 e. The summed E-state index contributed by atoms with van der Waals surface area (Å²) in [6.07, 6.45) is 1.92. The molecule has 8 nitrogen and oxygen atoms in total. The van der Waals surface area contributed by atoms with Crippen LogP contribution in [0.5, 0.6) is 0 Å².